The smallest absolute Gasteiger partial charge is 0.270 e. The van der Waals surface area contributed by atoms with Crippen molar-refractivity contribution in [2.45, 2.75) is 0 Å². The van der Waals surface area contributed by atoms with Gasteiger partial charge in [-0.15, -0.1) is 0 Å². The molecule has 1 aromatic heterocycles. The molecule has 0 saturated heterocycles. The molecule has 5 heteroatoms. The van der Waals surface area contributed by atoms with Gasteiger partial charge >= 0.3 is 0 Å². The van der Waals surface area contributed by atoms with Crippen molar-refractivity contribution < 1.29 is 0 Å². The van der Waals surface area contributed by atoms with Gasteiger partial charge in [-0.3, -0.25) is 19.8 Å². The highest BCUT2D eigenvalue weighted by atomic mass is 16.1. The summed E-state index contributed by atoms with van der Waals surface area (Å²) in [5.41, 5.74) is 1.51. The third-order valence-electron chi connectivity index (χ3n) is 2.51. The van der Waals surface area contributed by atoms with Gasteiger partial charge in [-0.25, -0.2) is 0 Å². The Bertz CT molecular complexity index is 623. The maximum Gasteiger partial charge on any atom is 0.270 e. The average Bonchev–Trinajstić information content (AvgIpc) is 2.32. The van der Waals surface area contributed by atoms with Gasteiger partial charge in [0.2, 0.25) is 0 Å². The SMILES string of the molecule is CN(C)c1ccc(-c2cc(=O)[nH][nH]c2=O)cc1. The van der Waals surface area contributed by atoms with Gasteiger partial charge in [0.25, 0.3) is 11.1 Å². The highest BCUT2D eigenvalue weighted by Crippen LogP contribution is 2.18. The van der Waals surface area contributed by atoms with E-state index in [0.717, 1.165) is 11.3 Å². The lowest BCUT2D eigenvalue weighted by atomic mass is 10.1. The summed E-state index contributed by atoms with van der Waals surface area (Å²) in [6, 6.07) is 8.73. The van der Waals surface area contributed by atoms with Crippen molar-refractivity contribution in [3.05, 3.63) is 51.0 Å². The molecule has 5 nitrogen and oxygen atoms in total. The number of nitrogens with zero attached hydrogens (tertiary/aromatic N) is 1. The van der Waals surface area contributed by atoms with Gasteiger partial charge in [-0.05, 0) is 17.7 Å². The molecular formula is C12H13N3O2. The third kappa shape index (κ3) is 2.28. The van der Waals surface area contributed by atoms with E-state index in [0.29, 0.717) is 5.56 Å². The Morgan fingerprint density at radius 3 is 2.24 bits per heavy atom. The van der Waals surface area contributed by atoms with E-state index >= 15 is 0 Å². The molecule has 2 aromatic rings. The van der Waals surface area contributed by atoms with E-state index in [9.17, 15) is 9.59 Å². The molecule has 0 bridgehead atoms. The zero-order chi connectivity index (χ0) is 12.4. The highest BCUT2D eigenvalue weighted by Gasteiger charge is 2.04. The molecule has 1 heterocycles. The summed E-state index contributed by atoms with van der Waals surface area (Å²) in [5, 5.41) is 4.54. The molecule has 88 valence electrons. The first-order chi connectivity index (χ1) is 8.08. The third-order valence-corrected chi connectivity index (χ3v) is 2.51. The van der Waals surface area contributed by atoms with Crippen molar-refractivity contribution in [3.63, 3.8) is 0 Å². The van der Waals surface area contributed by atoms with Gasteiger partial charge in [-0.1, -0.05) is 12.1 Å². The molecule has 2 rings (SSSR count). The van der Waals surface area contributed by atoms with Gasteiger partial charge in [0.15, 0.2) is 0 Å². The van der Waals surface area contributed by atoms with Crippen LogP contribution in [-0.4, -0.2) is 24.3 Å². The van der Waals surface area contributed by atoms with Crippen molar-refractivity contribution in [2.24, 2.45) is 0 Å². The minimum Gasteiger partial charge on any atom is -0.378 e. The van der Waals surface area contributed by atoms with Gasteiger partial charge in [0.05, 0.1) is 5.56 Å². The summed E-state index contributed by atoms with van der Waals surface area (Å²) < 4.78 is 0. The molecular weight excluding hydrogens is 218 g/mol. The van der Waals surface area contributed by atoms with Crippen molar-refractivity contribution in [1.29, 1.82) is 0 Å². The first-order valence-electron chi connectivity index (χ1n) is 5.17. The van der Waals surface area contributed by atoms with Crippen LogP contribution >= 0.6 is 0 Å². The molecule has 0 unspecified atom stereocenters. The molecule has 0 saturated carbocycles. The second-order valence-corrected chi connectivity index (χ2v) is 3.94. The first kappa shape index (κ1) is 11.2. The Balaban J connectivity index is 2.50. The zero-order valence-electron chi connectivity index (χ0n) is 9.65. The van der Waals surface area contributed by atoms with Crippen LogP contribution in [0.2, 0.25) is 0 Å². The summed E-state index contributed by atoms with van der Waals surface area (Å²) >= 11 is 0. The Labute approximate surface area is 97.7 Å². The number of aromatic amines is 2. The second kappa shape index (κ2) is 4.29. The number of hydrogen-bond acceptors (Lipinski definition) is 3. The van der Waals surface area contributed by atoms with Crippen LogP contribution < -0.4 is 16.0 Å². The van der Waals surface area contributed by atoms with E-state index in [1.165, 1.54) is 6.07 Å². The van der Waals surface area contributed by atoms with Crippen LogP contribution in [0.4, 0.5) is 5.69 Å². The number of aromatic nitrogens is 2. The summed E-state index contributed by atoms with van der Waals surface area (Å²) in [5.74, 6) is 0. The Hall–Kier alpha value is -2.30. The van der Waals surface area contributed by atoms with Crippen molar-refractivity contribution in [1.82, 2.24) is 10.2 Å². The van der Waals surface area contributed by atoms with E-state index in [2.05, 4.69) is 10.2 Å². The molecule has 0 aliphatic carbocycles. The summed E-state index contributed by atoms with van der Waals surface area (Å²) in [7, 11) is 3.88. The fourth-order valence-electron chi connectivity index (χ4n) is 1.57. The molecule has 2 N–H and O–H groups in total. The predicted molar refractivity (Wildman–Crippen MR) is 67.4 cm³/mol. The van der Waals surface area contributed by atoms with E-state index in [4.69, 9.17) is 0 Å². The van der Waals surface area contributed by atoms with Crippen LogP contribution in [0.1, 0.15) is 0 Å². The van der Waals surface area contributed by atoms with Gasteiger partial charge in [0.1, 0.15) is 0 Å². The molecule has 1 aromatic carbocycles. The van der Waals surface area contributed by atoms with Gasteiger partial charge < -0.3 is 4.90 Å². The average molecular weight is 231 g/mol. The lowest BCUT2D eigenvalue weighted by Gasteiger charge is -2.12. The van der Waals surface area contributed by atoms with E-state index in [-0.39, 0.29) is 11.1 Å². The molecule has 17 heavy (non-hydrogen) atoms. The van der Waals surface area contributed by atoms with Crippen LogP contribution in [0.25, 0.3) is 11.1 Å². The summed E-state index contributed by atoms with van der Waals surface area (Å²) in [6.07, 6.45) is 0. The Morgan fingerprint density at radius 1 is 1.00 bits per heavy atom. The topological polar surface area (TPSA) is 69.0 Å². The minimum atomic E-state index is -0.323. The van der Waals surface area contributed by atoms with Crippen molar-refractivity contribution in [2.75, 3.05) is 19.0 Å². The van der Waals surface area contributed by atoms with Crippen LogP contribution in [0.5, 0.6) is 0 Å². The number of hydrogen-bond donors (Lipinski definition) is 2. The number of H-pyrrole nitrogens is 2. The quantitative estimate of drug-likeness (QED) is 0.803. The maximum atomic E-state index is 11.6. The molecule has 0 atom stereocenters. The number of benzene rings is 1. The lowest BCUT2D eigenvalue weighted by Crippen LogP contribution is -2.19. The minimum absolute atomic E-state index is 0.304. The highest BCUT2D eigenvalue weighted by molar-refractivity contribution is 5.64. The van der Waals surface area contributed by atoms with Crippen LogP contribution in [-0.2, 0) is 0 Å². The van der Waals surface area contributed by atoms with Crippen molar-refractivity contribution in [3.8, 4) is 11.1 Å². The summed E-state index contributed by atoms with van der Waals surface area (Å²) in [4.78, 5) is 24.7. The Morgan fingerprint density at radius 2 is 1.65 bits per heavy atom. The lowest BCUT2D eigenvalue weighted by molar-refractivity contribution is 0.955. The fourth-order valence-corrected chi connectivity index (χ4v) is 1.57. The standard InChI is InChI=1S/C12H13N3O2/c1-15(2)9-5-3-8(4-6-9)10-7-11(16)13-14-12(10)17/h3-7H,1-2H3,(H,13,16)(H,14,17). The summed E-state index contributed by atoms with van der Waals surface area (Å²) in [6.45, 7) is 0. The second-order valence-electron chi connectivity index (χ2n) is 3.94. The Kier molecular flexibility index (Phi) is 2.82. The van der Waals surface area contributed by atoms with Gasteiger partial charge in [0, 0.05) is 25.8 Å². The maximum absolute atomic E-state index is 11.6. The molecule has 0 radical (unpaired) electrons. The molecule has 0 aliphatic rings. The van der Waals surface area contributed by atoms with Gasteiger partial charge in [-0.2, -0.15) is 0 Å². The van der Waals surface area contributed by atoms with E-state index in [1.807, 2.05) is 43.3 Å². The largest absolute Gasteiger partial charge is 0.378 e. The molecule has 0 amide bonds. The van der Waals surface area contributed by atoms with Crippen LogP contribution in [0.15, 0.2) is 39.9 Å². The molecule has 0 aliphatic heterocycles. The molecule has 0 spiro atoms. The van der Waals surface area contributed by atoms with Crippen LogP contribution in [0.3, 0.4) is 0 Å². The first-order valence-corrected chi connectivity index (χ1v) is 5.17. The number of nitrogens with one attached hydrogen (secondary N) is 2. The number of rotatable bonds is 2. The normalized spacial score (nSPS) is 10.2. The van der Waals surface area contributed by atoms with Crippen molar-refractivity contribution >= 4 is 5.69 Å². The monoisotopic (exact) mass is 231 g/mol. The predicted octanol–water partition coefficient (Wildman–Crippen LogP) is 0.796. The van der Waals surface area contributed by atoms with E-state index < -0.39 is 0 Å². The van der Waals surface area contributed by atoms with E-state index in [1.54, 1.807) is 0 Å². The van der Waals surface area contributed by atoms with Crippen LogP contribution in [0, 0.1) is 0 Å². The fraction of sp³-hybridized carbons (Fsp3) is 0.167. The molecule has 0 fully saturated rings. The zero-order valence-corrected chi connectivity index (χ0v) is 9.65. The number of anilines is 1.